The molecule has 2 aromatic rings. The van der Waals surface area contributed by atoms with E-state index < -0.39 is 17.5 Å². The summed E-state index contributed by atoms with van der Waals surface area (Å²) in [5.74, 6) is -3.41. The minimum atomic E-state index is -1.42. The summed E-state index contributed by atoms with van der Waals surface area (Å²) >= 11 is 0. The summed E-state index contributed by atoms with van der Waals surface area (Å²) in [6.07, 6.45) is 1.93. The van der Waals surface area contributed by atoms with Crippen molar-refractivity contribution in [1.82, 2.24) is 9.80 Å². The van der Waals surface area contributed by atoms with Gasteiger partial charge in [-0.05, 0) is 37.0 Å². The minimum Gasteiger partial charge on any atom is -0.337 e. The summed E-state index contributed by atoms with van der Waals surface area (Å²) in [6.45, 7) is 2.18. The molecule has 5 rings (SSSR count). The van der Waals surface area contributed by atoms with E-state index in [4.69, 9.17) is 0 Å². The molecule has 27 heavy (non-hydrogen) atoms. The van der Waals surface area contributed by atoms with Crippen molar-refractivity contribution >= 4 is 5.91 Å². The van der Waals surface area contributed by atoms with Crippen molar-refractivity contribution in [3.63, 3.8) is 0 Å². The lowest BCUT2D eigenvalue weighted by atomic mass is 9.94. The molecule has 6 heteroatoms. The molecule has 3 aliphatic heterocycles. The van der Waals surface area contributed by atoms with Crippen LogP contribution in [0.4, 0.5) is 13.2 Å². The van der Waals surface area contributed by atoms with Crippen molar-refractivity contribution in [3.05, 3.63) is 71.0 Å². The van der Waals surface area contributed by atoms with Crippen molar-refractivity contribution < 1.29 is 18.0 Å². The Morgan fingerprint density at radius 1 is 0.926 bits per heavy atom. The fourth-order valence-electron chi connectivity index (χ4n) is 4.21. The first-order valence-corrected chi connectivity index (χ1v) is 9.23. The van der Waals surface area contributed by atoms with Crippen LogP contribution in [0.1, 0.15) is 28.8 Å². The zero-order valence-electron chi connectivity index (χ0n) is 14.9. The van der Waals surface area contributed by atoms with Gasteiger partial charge in [-0.15, -0.1) is 0 Å². The molecule has 3 fully saturated rings. The second-order valence-corrected chi connectivity index (χ2v) is 7.44. The molecule has 0 saturated carbocycles. The predicted octanol–water partition coefficient (Wildman–Crippen LogP) is 3.84. The van der Waals surface area contributed by atoms with Gasteiger partial charge in [0.2, 0.25) is 0 Å². The van der Waals surface area contributed by atoms with E-state index >= 15 is 0 Å². The van der Waals surface area contributed by atoms with Crippen molar-refractivity contribution in [2.24, 2.45) is 5.92 Å². The van der Waals surface area contributed by atoms with E-state index in [1.807, 2.05) is 35.2 Å². The van der Waals surface area contributed by atoms with Crippen LogP contribution < -0.4 is 0 Å². The third-order valence-electron chi connectivity index (χ3n) is 5.62. The molecule has 3 aliphatic rings. The first-order valence-electron chi connectivity index (χ1n) is 9.23. The zero-order valence-corrected chi connectivity index (χ0v) is 14.9. The van der Waals surface area contributed by atoms with E-state index in [0.717, 1.165) is 25.5 Å². The Kier molecular flexibility index (Phi) is 4.91. The molecule has 0 aliphatic carbocycles. The molecule has 1 amide bonds. The first kappa shape index (κ1) is 18.0. The highest BCUT2D eigenvalue weighted by molar-refractivity contribution is 5.94. The number of fused-ring (bicyclic) bond motifs is 4. The lowest BCUT2D eigenvalue weighted by Gasteiger charge is -2.36. The number of carbonyl (C=O) groups is 1. The Morgan fingerprint density at radius 2 is 1.70 bits per heavy atom. The van der Waals surface area contributed by atoms with Gasteiger partial charge in [0.05, 0.1) is 0 Å². The molecular formula is C21H21F3N2O. The maximum Gasteiger partial charge on any atom is 0.253 e. The molecule has 0 unspecified atom stereocenters. The largest absolute Gasteiger partial charge is 0.337 e. The van der Waals surface area contributed by atoms with E-state index in [2.05, 4.69) is 4.90 Å². The van der Waals surface area contributed by atoms with E-state index in [1.165, 1.54) is 6.07 Å². The van der Waals surface area contributed by atoms with Gasteiger partial charge >= 0.3 is 0 Å². The summed E-state index contributed by atoms with van der Waals surface area (Å²) in [4.78, 5) is 16.8. The molecule has 2 aromatic carbocycles. The standard InChI is InChI=1S/C21H21F3N2O/c22-18-9-7-16(19(23)20(18)24)12-25-10-14-6-8-17(25)13-26(11-14)21(27)15-4-2-1-3-5-15/h1-5,7,9,14,17H,6,8,10-13H2/t14-,17-/m0/s1. The maximum absolute atomic E-state index is 14.1. The molecule has 142 valence electrons. The van der Waals surface area contributed by atoms with Gasteiger partial charge < -0.3 is 4.90 Å². The Morgan fingerprint density at radius 3 is 2.48 bits per heavy atom. The minimum absolute atomic E-state index is 0.00774. The molecule has 0 radical (unpaired) electrons. The smallest absolute Gasteiger partial charge is 0.253 e. The van der Waals surface area contributed by atoms with Crippen LogP contribution in [0.5, 0.6) is 0 Å². The number of piperidine rings is 1. The van der Waals surface area contributed by atoms with Gasteiger partial charge in [0, 0.05) is 43.3 Å². The van der Waals surface area contributed by atoms with E-state index in [9.17, 15) is 18.0 Å². The molecule has 3 heterocycles. The van der Waals surface area contributed by atoms with Crippen LogP contribution in [0, 0.1) is 23.4 Å². The number of halogens is 3. The Bertz CT molecular complexity index is 843. The van der Waals surface area contributed by atoms with Crippen molar-refractivity contribution in [1.29, 1.82) is 0 Å². The van der Waals surface area contributed by atoms with Gasteiger partial charge in [0.15, 0.2) is 17.5 Å². The lowest BCUT2D eigenvalue weighted by Crippen LogP contribution is -2.44. The average molecular weight is 374 g/mol. The van der Waals surface area contributed by atoms with Gasteiger partial charge in [-0.25, -0.2) is 13.2 Å². The van der Waals surface area contributed by atoms with Crippen molar-refractivity contribution in [2.75, 3.05) is 19.6 Å². The van der Waals surface area contributed by atoms with Crippen LogP contribution in [0.3, 0.4) is 0 Å². The van der Waals surface area contributed by atoms with E-state index in [-0.39, 0.29) is 24.1 Å². The second kappa shape index (κ2) is 7.35. The Hall–Kier alpha value is -2.34. The number of hydrogen-bond donors (Lipinski definition) is 0. The van der Waals surface area contributed by atoms with Gasteiger partial charge in [0.25, 0.3) is 5.91 Å². The number of amides is 1. The summed E-state index contributed by atoms with van der Waals surface area (Å²) in [5, 5.41) is 0. The summed E-state index contributed by atoms with van der Waals surface area (Å²) < 4.78 is 40.8. The molecule has 2 bridgehead atoms. The molecule has 3 saturated heterocycles. The zero-order chi connectivity index (χ0) is 19.0. The van der Waals surface area contributed by atoms with Gasteiger partial charge in [-0.1, -0.05) is 24.3 Å². The Balaban J connectivity index is 1.52. The molecule has 2 atom stereocenters. The lowest BCUT2D eigenvalue weighted by molar-refractivity contribution is 0.0735. The third kappa shape index (κ3) is 3.58. The third-order valence-corrected chi connectivity index (χ3v) is 5.62. The fourth-order valence-corrected chi connectivity index (χ4v) is 4.21. The highest BCUT2D eigenvalue weighted by Gasteiger charge is 2.37. The van der Waals surface area contributed by atoms with Crippen LogP contribution in [0.15, 0.2) is 42.5 Å². The van der Waals surface area contributed by atoms with Crippen molar-refractivity contribution in [2.45, 2.75) is 25.4 Å². The molecule has 0 aromatic heterocycles. The number of hydrogen-bond acceptors (Lipinski definition) is 2. The monoisotopic (exact) mass is 374 g/mol. The van der Waals surface area contributed by atoms with Gasteiger partial charge in [-0.2, -0.15) is 0 Å². The highest BCUT2D eigenvalue weighted by Crippen LogP contribution is 2.30. The normalized spacial score (nSPS) is 22.7. The van der Waals surface area contributed by atoms with Crippen LogP contribution in [0.2, 0.25) is 0 Å². The van der Waals surface area contributed by atoms with Crippen LogP contribution in [-0.2, 0) is 6.54 Å². The van der Waals surface area contributed by atoms with Crippen LogP contribution in [0.25, 0.3) is 0 Å². The highest BCUT2D eigenvalue weighted by atomic mass is 19.2. The molecule has 0 spiro atoms. The first-order chi connectivity index (χ1) is 13.0. The number of rotatable bonds is 3. The predicted molar refractivity (Wildman–Crippen MR) is 95.6 cm³/mol. The number of benzene rings is 2. The second-order valence-electron chi connectivity index (χ2n) is 7.44. The molecule has 0 N–H and O–H groups in total. The fraction of sp³-hybridized carbons (Fsp3) is 0.381. The molecular weight excluding hydrogens is 353 g/mol. The summed E-state index contributed by atoms with van der Waals surface area (Å²) in [7, 11) is 0. The van der Waals surface area contributed by atoms with Gasteiger partial charge in [-0.3, -0.25) is 9.69 Å². The SMILES string of the molecule is O=C(c1ccccc1)N1C[C@H]2CC[C@@H](C1)N(Cc1ccc(F)c(F)c1F)C2. The topological polar surface area (TPSA) is 23.6 Å². The van der Waals surface area contributed by atoms with Gasteiger partial charge in [0.1, 0.15) is 0 Å². The van der Waals surface area contributed by atoms with E-state index in [1.54, 1.807) is 0 Å². The molecule has 3 nitrogen and oxygen atoms in total. The van der Waals surface area contributed by atoms with Crippen LogP contribution in [-0.4, -0.2) is 41.4 Å². The quantitative estimate of drug-likeness (QED) is 0.762. The Labute approximate surface area is 156 Å². The average Bonchev–Trinajstić information content (AvgIpc) is 3.00. The number of carbonyl (C=O) groups excluding carboxylic acids is 1. The van der Waals surface area contributed by atoms with Crippen molar-refractivity contribution in [3.8, 4) is 0 Å². The van der Waals surface area contributed by atoms with E-state index in [0.29, 0.717) is 24.6 Å². The maximum atomic E-state index is 14.1. The summed E-state index contributed by atoms with van der Waals surface area (Å²) in [6, 6.07) is 11.5. The number of nitrogens with zero attached hydrogens (tertiary/aromatic N) is 2. The summed E-state index contributed by atoms with van der Waals surface area (Å²) in [5.41, 5.74) is 0.819. The van der Waals surface area contributed by atoms with Crippen LogP contribution >= 0.6 is 0 Å².